The van der Waals surface area contributed by atoms with E-state index in [1.54, 1.807) is 96.3 Å². The van der Waals surface area contributed by atoms with Gasteiger partial charge in [0.15, 0.2) is 0 Å². The van der Waals surface area contributed by atoms with Gasteiger partial charge in [0.2, 0.25) is 0 Å². The van der Waals surface area contributed by atoms with E-state index in [1.807, 2.05) is 0 Å². The van der Waals surface area contributed by atoms with Crippen LogP contribution < -0.4 is 16.0 Å². The average molecular weight is 998 g/mol. The predicted octanol–water partition coefficient (Wildman–Crippen LogP) is 16.8. The normalized spacial score (nSPS) is 37.7. The van der Waals surface area contributed by atoms with Crippen molar-refractivity contribution in [1.29, 1.82) is 0 Å². The second-order valence-electron chi connectivity index (χ2n) is 28.4. The monoisotopic (exact) mass is 997 g/mol. The van der Waals surface area contributed by atoms with Crippen molar-refractivity contribution in [1.82, 2.24) is 20.9 Å². The van der Waals surface area contributed by atoms with E-state index in [1.165, 1.54) is 256 Å². The molecule has 5 saturated heterocycles. The molecule has 15 fully saturated rings. The van der Waals surface area contributed by atoms with Crippen LogP contribution >= 0.6 is 0 Å². The molecule has 7 atom stereocenters. The molecular formula is C67H120N4O. The van der Waals surface area contributed by atoms with E-state index in [9.17, 15) is 0 Å². The second kappa shape index (κ2) is 30.1. The Kier molecular flexibility index (Phi) is 23.5. The van der Waals surface area contributed by atoms with Gasteiger partial charge in [-0.3, -0.25) is 4.90 Å². The van der Waals surface area contributed by atoms with Crippen molar-refractivity contribution in [3.8, 4) is 0 Å². The highest BCUT2D eigenvalue weighted by Gasteiger charge is 2.40. The molecule has 16 rings (SSSR count). The molecule has 72 heavy (non-hydrogen) atoms. The molecule has 5 nitrogen and oxygen atoms in total. The summed E-state index contributed by atoms with van der Waals surface area (Å²) >= 11 is 0. The predicted molar refractivity (Wildman–Crippen MR) is 308 cm³/mol. The Morgan fingerprint density at radius 2 is 0.764 bits per heavy atom. The van der Waals surface area contributed by atoms with Crippen molar-refractivity contribution in [3.05, 3.63) is 12.2 Å². The maximum absolute atomic E-state index is 5.19. The molecule has 0 aromatic carbocycles. The maximum atomic E-state index is 5.19. The third-order valence-corrected chi connectivity index (χ3v) is 23.5. The molecule has 5 heterocycles. The molecule has 0 bridgehead atoms. The number of piperidine rings is 1. The van der Waals surface area contributed by atoms with Gasteiger partial charge in [-0.05, 0) is 187 Å². The van der Waals surface area contributed by atoms with E-state index >= 15 is 0 Å². The van der Waals surface area contributed by atoms with Gasteiger partial charge in [-0.1, -0.05) is 186 Å². The first kappa shape index (κ1) is 56.3. The zero-order valence-electron chi connectivity index (χ0n) is 47.7. The molecule has 5 heteroatoms. The number of nitrogens with zero attached hydrogens (tertiary/aromatic N) is 1. The van der Waals surface area contributed by atoms with Gasteiger partial charge in [-0.2, -0.15) is 0 Å². The highest BCUT2D eigenvalue weighted by molar-refractivity contribution is 4.97. The van der Waals surface area contributed by atoms with Crippen molar-refractivity contribution in [3.63, 3.8) is 0 Å². The summed E-state index contributed by atoms with van der Waals surface area (Å²) in [4.78, 5) is 2.61. The van der Waals surface area contributed by atoms with Gasteiger partial charge in [0, 0.05) is 37.6 Å². The number of hydrogen-bond donors (Lipinski definition) is 3. The van der Waals surface area contributed by atoms with Gasteiger partial charge >= 0.3 is 0 Å². The first-order valence-electron chi connectivity index (χ1n) is 33.7. The quantitative estimate of drug-likeness (QED) is 0.211. The SMILES string of the molecule is C1=CCC2CCCC2C1.C1CC2(CCN1)COC2.C1CC2CCCC2C1.C1CC2CNCCN2C1.C1CCC2(C1)CCNC2.C1CCC2(CC1)CCCC2.C1CCC2CC2C1.C1CCC2CCCCC2CC1. The van der Waals surface area contributed by atoms with Crippen molar-refractivity contribution >= 4 is 0 Å². The lowest BCUT2D eigenvalue weighted by Gasteiger charge is -2.44. The lowest BCUT2D eigenvalue weighted by atomic mass is 9.73. The molecule has 3 spiro atoms. The summed E-state index contributed by atoms with van der Waals surface area (Å²) in [5.74, 6) is 9.20. The van der Waals surface area contributed by atoms with Crippen LogP contribution in [-0.2, 0) is 4.74 Å². The number of allylic oxidation sites excluding steroid dienone is 2. The topological polar surface area (TPSA) is 48.6 Å². The van der Waals surface area contributed by atoms with E-state index in [4.69, 9.17) is 4.74 Å². The number of fused-ring (bicyclic) bond motifs is 5. The van der Waals surface area contributed by atoms with Gasteiger partial charge in [-0.25, -0.2) is 0 Å². The number of hydrogen-bond acceptors (Lipinski definition) is 5. The Bertz CT molecular complexity index is 1390. The second-order valence-corrected chi connectivity index (χ2v) is 28.4. The van der Waals surface area contributed by atoms with Crippen LogP contribution in [0, 0.1) is 63.6 Å². The largest absolute Gasteiger partial charge is 0.380 e. The Morgan fingerprint density at radius 1 is 0.333 bits per heavy atom. The molecule has 414 valence electrons. The third-order valence-electron chi connectivity index (χ3n) is 23.5. The molecule has 3 N–H and O–H groups in total. The summed E-state index contributed by atoms with van der Waals surface area (Å²) in [6.07, 6.45) is 69.8. The first-order valence-corrected chi connectivity index (χ1v) is 33.7. The third kappa shape index (κ3) is 17.5. The van der Waals surface area contributed by atoms with Crippen LogP contribution in [0.3, 0.4) is 0 Å². The van der Waals surface area contributed by atoms with Crippen molar-refractivity contribution < 1.29 is 4.74 Å². The molecule has 16 aliphatic rings. The minimum atomic E-state index is 0.616. The average Bonchev–Trinajstić information content (AvgIpc) is 4.24. The molecule has 11 aliphatic carbocycles. The van der Waals surface area contributed by atoms with Crippen molar-refractivity contribution in [2.24, 2.45) is 63.6 Å². The van der Waals surface area contributed by atoms with Crippen LogP contribution in [0.4, 0.5) is 0 Å². The summed E-state index contributed by atoms with van der Waals surface area (Å²) in [7, 11) is 0. The van der Waals surface area contributed by atoms with Gasteiger partial charge in [-0.15, -0.1) is 0 Å². The Hall–Kier alpha value is -0.460. The summed E-state index contributed by atoms with van der Waals surface area (Å²) in [6, 6.07) is 0.888. The van der Waals surface area contributed by atoms with Gasteiger partial charge in [0.05, 0.1) is 13.2 Å². The molecule has 0 radical (unpaired) electrons. The van der Waals surface area contributed by atoms with E-state index in [2.05, 4.69) is 33.0 Å². The van der Waals surface area contributed by atoms with Crippen molar-refractivity contribution in [2.75, 3.05) is 65.6 Å². The summed E-state index contributed by atoms with van der Waals surface area (Å²) in [6.45, 7) is 12.1. The Balaban J connectivity index is 0.000000102. The minimum Gasteiger partial charge on any atom is -0.380 e. The van der Waals surface area contributed by atoms with Crippen LogP contribution in [0.15, 0.2) is 12.2 Å². The maximum Gasteiger partial charge on any atom is 0.0545 e. The fourth-order valence-corrected chi connectivity index (χ4v) is 18.5. The number of ether oxygens (including phenoxy) is 1. The molecule has 10 saturated carbocycles. The number of nitrogens with one attached hydrogen (secondary N) is 3. The number of rotatable bonds is 0. The zero-order chi connectivity index (χ0) is 49.0. The Labute approximate surface area is 447 Å². The van der Waals surface area contributed by atoms with Crippen LogP contribution in [0.5, 0.6) is 0 Å². The highest BCUT2D eigenvalue weighted by atomic mass is 16.5. The minimum absolute atomic E-state index is 0.616. The van der Waals surface area contributed by atoms with Gasteiger partial charge in [0.25, 0.3) is 0 Å². The molecule has 7 unspecified atom stereocenters. The van der Waals surface area contributed by atoms with Gasteiger partial charge < -0.3 is 20.7 Å². The molecular weight excluding hydrogens is 877 g/mol. The first-order chi connectivity index (χ1) is 35.6. The number of piperazine rings is 1. The highest BCUT2D eigenvalue weighted by Crippen LogP contribution is 2.50. The van der Waals surface area contributed by atoms with E-state index in [0.717, 1.165) is 53.8 Å². The lowest BCUT2D eigenvalue weighted by molar-refractivity contribution is -0.127. The smallest absolute Gasteiger partial charge is 0.0545 e. The standard InChI is InChI=1S/C11H20.C10H18.C9H14.C8H15N.C8H14.C7H14N2.C7H13NO.C7H12/c1-2-6-10-8-4-5-9-11(10)7-3-1;1-2-6-10(7-3-1)8-4-5-9-10;1-2-5-9-7-3-6-8(9)4-1;1-2-4-8(3-1)5-6-9-7-8;1-3-7-5-2-6-8(7)4-1;1-2-7-6-8-3-5-9(7)4-1;1-3-8-4-2-7(1)5-9-6-7;1-2-4-7-5-6(7)3-1/h10-11H,1-9H2;1-9H2;1-2,8-9H,3-7H2;9H,1-7H2;7-8H,1-6H2;7-8H,1-6H2;8H,1-6H2;6-7H,1-5H2. The fraction of sp³-hybridized carbons (Fsp3) is 0.970. The van der Waals surface area contributed by atoms with Crippen LogP contribution in [-0.4, -0.2) is 76.5 Å². The summed E-state index contributed by atoms with van der Waals surface area (Å²) in [5.41, 5.74) is 2.27. The van der Waals surface area contributed by atoms with E-state index in [-0.39, 0.29) is 0 Å². The Morgan fingerprint density at radius 3 is 1.22 bits per heavy atom. The fourth-order valence-electron chi connectivity index (χ4n) is 18.5. The van der Waals surface area contributed by atoms with Crippen LogP contribution in [0.1, 0.15) is 276 Å². The van der Waals surface area contributed by atoms with Crippen LogP contribution in [0.25, 0.3) is 0 Å². The van der Waals surface area contributed by atoms with Crippen LogP contribution in [0.2, 0.25) is 0 Å². The lowest BCUT2D eigenvalue weighted by Crippen LogP contribution is -2.49. The summed E-state index contributed by atoms with van der Waals surface area (Å²) < 4.78 is 5.19. The zero-order valence-corrected chi connectivity index (χ0v) is 47.7. The molecule has 0 amide bonds. The van der Waals surface area contributed by atoms with Gasteiger partial charge in [0.1, 0.15) is 0 Å². The molecule has 0 aromatic heterocycles. The van der Waals surface area contributed by atoms with E-state index < -0.39 is 0 Å². The van der Waals surface area contributed by atoms with E-state index in [0.29, 0.717) is 5.41 Å². The molecule has 0 aromatic rings. The molecule has 5 aliphatic heterocycles. The summed E-state index contributed by atoms with van der Waals surface area (Å²) in [5, 5.41) is 10.2. The van der Waals surface area contributed by atoms with Crippen molar-refractivity contribution in [2.45, 2.75) is 282 Å².